The minimum atomic E-state index is -0.562. The van der Waals surface area contributed by atoms with Crippen LogP contribution in [0.3, 0.4) is 0 Å². The van der Waals surface area contributed by atoms with Crippen LogP contribution in [0.15, 0.2) is 65.2 Å². The molecule has 0 aliphatic carbocycles. The van der Waals surface area contributed by atoms with Gasteiger partial charge in [-0.15, -0.1) is 0 Å². The first-order chi connectivity index (χ1) is 12.1. The number of hydrogen-bond donors (Lipinski definition) is 2. The second kappa shape index (κ2) is 7.40. The summed E-state index contributed by atoms with van der Waals surface area (Å²) in [7, 11) is 0. The molecule has 1 aliphatic heterocycles. The zero-order valence-corrected chi connectivity index (χ0v) is 14.5. The highest BCUT2D eigenvalue weighted by atomic mass is 35.5. The van der Waals surface area contributed by atoms with Crippen molar-refractivity contribution in [2.75, 3.05) is 6.61 Å². The van der Waals surface area contributed by atoms with E-state index in [4.69, 9.17) is 22.1 Å². The number of nitrogens with zero attached hydrogens (tertiary/aromatic N) is 1. The molecule has 0 fully saturated rings. The number of carbonyl (C=O) groups excluding carboxylic acids is 1. The average molecular weight is 356 g/mol. The van der Waals surface area contributed by atoms with Crippen LogP contribution < -0.4 is 11.1 Å². The first-order valence-corrected chi connectivity index (χ1v) is 8.30. The average Bonchev–Trinajstić information content (AvgIpc) is 2.62. The number of nitrogens with two attached hydrogens (primary N) is 1. The Morgan fingerprint density at radius 2 is 1.88 bits per heavy atom. The summed E-state index contributed by atoms with van der Waals surface area (Å²) in [5.41, 5.74) is 8.65. The van der Waals surface area contributed by atoms with Crippen LogP contribution in [0, 0.1) is 0 Å². The van der Waals surface area contributed by atoms with Gasteiger partial charge in [-0.2, -0.15) is 0 Å². The molecular formula is C19H18ClN3O2. The zero-order chi connectivity index (χ0) is 17.8. The lowest BCUT2D eigenvalue weighted by molar-refractivity contribution is -0.138. The minimum absolute atomic E-state index is 0.242. The van der Waals surface area contributed by atoms with E-state index in [-0.39, 0.29) is 12.6 Å². The molecule has 5 nitrogen and oxygen atoms in total. The molecule has 25 heavy (non-hydrogen) atoms. The van der Waals surface area contributed by atoms with E-state index in [1.165, 1.54) is 0 Å². The molecule has 6 heteroatoms. The Balaban J connectivity index is 2.16. The summed E-state index contributed by atoms with van der Waals surface area (Å²) in [5, 5.41) is 3.62. The molecular weight excluding hydrogens is 338 g/mol. The van der Waals surface area contributed by atoms with Gasteiger partial charge in [-0.25, -0.2) is 9.79 Å². The molecule has 1 atom stereocenters. The molecule has 3 rings (SSSR count). The first-order valence-electron chi connectivity index (χ1n) is 7.92. The second-order valence-electron chi connectivity index (χ2n) is 5.47. The zero-order valence-electron chi connectivity index (χ0n) is 13.7. The monoisotopic (exact) mass is 355 g/mol. The molecule has 1 heterocycles. The maximum absolute atomic E-state index is 12.7. The number of hydrogen-bond acceptors (Lipinski definition) is 5. The highest BCUT2D eigenvalue weighted by molar-refractivity contribution is 6.30. The van der Waals surface area contributed by atoms with Crippen LogP contribution >= 0.6 is 11.6 Å². The van der Waals surface area contributed by atoms with E-state index in [2.05, 4.69) is 10.3 Å². The maximum Gasteiger partial charge on any atom is 0.338 e. The Hall–Kier alpha value is -2.79. The van der Waals surface area contributed by atoms with Gasteiger partial charge in [0.05, 0.1) is 17.9 Å². The molecule has 0 saturated heterocycles. The van der Waals surface area contributed by atoms with Crippen molar-refractivity contribution in [2.24, 2.45) is 10.7 Å². The van der Waals surface area contributed by atoms with Gasteiger partial charge in [-0.1, -0.05) is 54.1 Å². The molecule has 0 aromatic heterocycles. The van der Waals surface area contributed by atoms with Gasteiger partial charge < -0.3 is 15.8 Å². The highest BCUT2D eigenvalue weighted by Crippen LogP contribution is 2.34. The predicted octanol–water partition coefficient (Wildman–Crippen LogP) is 3.27. The maximum atomic E-state index is 12.7. The van der Waals surface area contributed by atoms with Gasteiger partial charge >= 0.3 is 5.97 Å². The van der Waals surface area contributed by atoms with E-state index < -0.39 is 12.0 Å². The second-order valence-corrected chi connectivity index (χ2v) is 5.91. The van der Waals surface area contributed by atoms with Gasteiger partial charge in [0, 0.05) is 5.02 Å². The molecule has 128 valence electrons. The third kappa shape index (κ3) is 3.67. The van der Waals surface area contributed by atoms with Gasteiger partial charge in [-0.3, -0.25) is 0 Å². The van der Waals surface area contributed by atoms with Crippen molar-refractivity contribution in [3.05, 3.63) is 76.3 Å². The van der Waals surface area contributed by atoms with Crippen LogP contribution in [0.2, 0.25) is 5.02 Å². The molecule has 0 unspecified atom stereocenters. The van der Waals surface area contributed by atoms with Crippen molar-refractivity contribution in [3.8, 4) is 0 Å². The summed E-state index contributed by atoms with van der Waals surface area (Å²) in [6.07, 6.45) is 0. The molecule has 0 radical (unpaired) electrons. The van der Waals surface area contributed by atoms with Crippen molar-refractivity contribution in [1.29, 1.82) is 0 Å². The highest BCUT2D eigenvalue weighted by Gasteiger charge is 2.31. The fraction of sp³-hybridized carbons (Fsp3) is 0.158. The first kappa shape index (κ1) is 17.0. The minimum Gasteiger partial charge on any atom is -0.463 e. The van der Waals surface area contributed by atoms with Gasteiger partial charge in [0.15, 0.2) is 5.96 Å². The van der Waals surface area contributed by atoms with Crippen LogP contribution in [0.1, 0.15) is 24.1 Å². The van der Waals surface area contributed by atoms with E-state index in [0.717, 1.165) is 11.1 Å². The summed E-state index contributed by atoms with van der Waals surface area (Å²) < 4.78 is 5.27. The third-order valence-corrected chi connectivity index (χ3v) is 4.06. The van der Waals surface area contributed by atoms with Crippen LogP contribution in [-0.4, -0.2) is 18.5 Å². The molecule has 3 N–H and O–H groups in total. The number of nitrogens with one attached hydrogen (secondary N) is 1. The number of guanidine groups is 1. The molecule has 2 aromatic carbocycles. The number of benzene rings is 2. The van der Waals surface area contributed by atoms with Gasteiger partial charge in [0.1, 0.15) is 6.04 Å². The number of carbonyl (C=O) groups is 1. The third-order valence-electron chi connectivity index (χ3n) is 3.81. The number of halogens is 1. The van der Waals surface area contributed by atoms with Crippen LogP contribution in [-0.2, 0) is 9.53 Å². The molecule has 1 aliphatic rings. The van der Waals surface area contributed by atoms with Crippen LogP contribution in [0.25, 0.3) is 5.70 Å². The number of ether oxygens (including phenoxy) is 1. The molecule has 0 amide bonds. The molecule has 0 spiro atoms. The Morgan fingerprint density at radius 3 is 2.52 bits per heavy atom. The lowest BCUT2D eigenvalue weighted by Crippen LogP contribution is -2.37. The van der Waals surface area contributed by atoms with Crippen molar-refractivity contribution in [2.45, 2.75) is 13.0 Å². The Labute approximate surface area is 151 Å². The Kier molecular flexibility index (Phi) is 5.05. The van der Waals surface area contributed by atoms with Crippen molar-refractivity contribution in [1.82, 2.24) is 5.32 Å². The standard InChI is InChI=1S/C19H18ClN3O2/c1-2-25-18(24)15-16(12-6-4-3-5-7-12)22-19(21)23-17(15)13-8-10-14(20)11-9-13/h3-11,17H,2H2,1H3,(H3,21,22,23)/t17-/m1/s1. The summed E-state index contributed by atoms with van der Waals surface area (Å²) in [6, 6.07) is 16.1. The number of aliphatic imine (C=N–C) groups is 1. The van der Waals surface area contributed by atoms with E-state index in [1.807, 2.05) is 42.5 Å². The van der Waals surface area contributed by atoms with Gasteiger partial charge in [-0.05, 0) is 30.2 Å². The van der Waals surface area contributed by atoms with Crippen LogP contribution in [0.4, 0.5) is 0 Å². The normalized spacial score (nSPS) is 16.9. The van der Waals surface area contributed by atoms with Gasteiger partial charge in [0.2, 0.25) is 0 Å². The van der Waals surface area contributed by atoms with Crippen molar-refractivity contribution >= 4 is 29.2 Å². The summed E-state index contributed by atoms with van der Waals surface area (Å²) >= 11 is 5.98. The molecule has 0 saturated carbocycles. The van der Waals surface area contributed by atoms with E-state index in [9.17, 15) is 4.79 Å². The quantitative estimate of drug-likeness (QED) is 0.825. The van der Waals surface area contributed by atoms with Gasteiger partial charge in [0.25, 0.3) is 0 Å². The smallest absolute Gasteiger partial charge is 0.338 e. The summed E-state index contributed by atoms with van der Waals surface area (Å²) in [6.45, 7) is 2.04. The lowest BCUT2D eigenvalue weighted by Gasteiger charge is -2.26. The van der Waals surface area contributed by atoms with Crippen LogP contribution in [0.5, 0.6) is 0 Å². The Morgan fingerprint density at radius 1 is 1.20 bits per heavy atom. The summed E-state index contributed by atoms with van der Waals surface area (Å²) in [5.74, 6) is -0.183. The van der Waals surface area contributed by atoms with Crippen molar-refractivity contribution in [3.63, 3.8) is 0 Å². The fourth-order valence-corrected chi connectivity index (χ4v) is 2.84. The van der Waals surface area contributed by atoms with E-state index in [0.29, 0.717) is 16.3 Å². The summed E-state index contributed by atoms with van der Waals surface area (Å²) in [4.78, 5) is 17.1. The predicted molar refractivity (Wildman–Crippen MR) is 98.9 cm³/mol. The lowest BCUT2D eigenvalue weighted by atomic mass is 9.93. The SMILES string of the molecule is CCOC(=O)C1=C(c2ccccc2)NC(N)=N[C@@H]1c1ccc(Cl)cc1. The Bertz CT molecular complexity index is 830. The van der Waals surface area contributed by atoms with E-state index in [1.54, 1.807) is 19.1 Å². The number of rotatable bonds is 4. The molecule has 0 bridgehead atoms. The van der Waals surface area contributed by atoms with Crippen molar-refractivity contribution < 1.29 is 9.53 Å². The topological polar surface area (TPSA) is 76.7 Å². The fourth-order valence-electron chi connectivity index (χ4n) is 2.71. The van der Waals surface area contributed by atoms with E-state index >= 15 is 0 Å². The largest absolute Gasteiger partial charge is 0.463 e. The molecule has 2 aromatic rings. The number of esters is 1.